The second kappa shape index (κ2) is 12.2. The number of benzene rings is 1. The van der Waals surface area contributed by atoms with Gasteiger partial charge in [0.2, 0.25) is 5.91 Å². The van der Waals surface area contributed by atoms with Gasteiger partial charge in [0.1, 0.15) is 12.6 Å². The maximum absolute atomic E-state index is 13.5. The summed E-state index contributed by atoms with van der Waals surface area (Å²) in [6.45, 7) is 3.46. The zero-order chi connectivity index (χ0) is 23.8. The highest BCUT2D eigenvalue weighted by Crippen LogP contribution is 2.42. The van der Waals surface area contributed by atoms with E-state index >= 15 is 0 Å². The number of ether oxygens (including phenoxy) is 1. The predicted molar refractivity (Wildman–Crippen MR) is 126 cm³/mol. The average Bonchev–Trinajstić information content (AvgIpc) is 2.79. The van der Waals surface area contributed by atoms with Crippen molar-refractivity contribution in [3.05, 3.63) is 35.9 Å². The highest BCUT2D eigenvalue weighted by molar-refractivity contribution is 5.86. The van der Waals surface area contributed by atoms with E-state index in [-0.39, 0.29) is 31.1 Å². The molecule has 0 radical (unpaired) electrons. The number of carboxylic acids is 1. The molecule has 2 fully saturated rings. The number of aryl methyl sites for hydroxylation is 1. The van der Waals surface area contributed by atoms with E-state index in [2.05, 4.69) is 5.32 Å². The number of hydrogen-bond acceptors (Lipinski definition) is 5. The van der Waals surface area contributed by atoms with E-state index in [0.717, 1.165) is 44.1 Å². The summed E-state index contributed by atoms with van der Waals surface area (Å²) >= 11 is 0. The van der Waals surface area contributed by atoms with Gasteiger partial charge in [-0.15, -0.1) is 0 Å². The molecular weight excluding hydrogens is 420 g/mol. The zero-order valence-electron chi connectivity index (χ0n) is 19.9. The van der Waals surface area contributed by atoms with Crippen LogP contribution < -0.4 is 5.32 Å². The van der Waals surface area contributed by atoms with Gasteiger partial charge in [0, 0.05) is 6.04 Å². The number of amides is 1. The molecule has 33 heavy (non-hydrogen) atoms. The molecule has 2 saturated carbocycles. The first kappa shape index (κ1) is 25.2. The molecule has 2 N–H and O–H groups in total. The lowest BCUT2D eigenvalue weighted by atomic mass is 9.67. The molecule has 0 aromatic heterocycles. The Bertz CT molecular complexity index is 777. The topological polar surface area (TPSA) is 95.9 Å². The summed E-state index contributed by atoms with van der Waals surface area (Å²) in [5.74, 6) is -0.883. The number of hydrogen-bond donors (Lipinski definition) is 2. The van der Waals surface area contributed by atoms with Gasteiger partial charge in [0.25, 0.3) is 0 Å². The monoisotopic (exact) mass is 458 g/mol. The number of esters is 1. The minimum Gasteiger partial charge on any atom is -0.480 e. The van der Waals surface area contributed by atoms with E-state index in [1.165, 1.54) is 0 Å². The Morgan fingerprint density at radius 3 is 2.24 bits per heavy atom. The standard InChI is InChI=1S/C26H38N2O5/c1-3-33-26(32)22(16-15-19-9-5-4-6-10-19)27-18(2)25(31)28(17-23(29)30)24-20-11-7-12-21(24)14-8-13-20/h4-6,9-10,18,20-22,24,27H,3,7-8,11-17H2,1-2H3,(H,29,30)/t18-,20?,21?,22?,24?/m0/s1. The van der Waals surface area contributed by atoms with Gasteiger partial charge in [-0.25, -0.2) is 0 Å². The molecule has 0 heterocycles. The fourth-order valence-electron chi connectivity index (χ4n) is 5.72. The Hall–Kier alpha value is -2.41. The SMILES string of the molecule is CCOC(=O)C(CCc1ccccc1)N[C@@H](C)C(=O)N(CC(=O)O)C1C2CCCC1CCC2. The third kappa shape index (κ3) is 6.79. The summed E-state index contributed by atoms with van der Waals surface area (Å²) in [4.78, 5) is 39.5. The second-order valence-electron chi connectivity index (χ2n) is 9.45. The molecule has 0 spiro atoms. The third-order valence-corrected chi connectivity index (χ3v) is 7.17. The number of nitrogens with one attached hydrogen (secondary N) is 1. The van der Waals surface area contributed by atoms with Crippen molar-refractivity contribution in [3.63, 3.8) is 0 Å². The molecule has 1 aromatic rings. The van der Waals surface area contributed by atoms with Gasteiger partial charge in [-0.05, 0) is 69.8 Å². The summed E-state index contributed by atoms with van der Waals surface area (Å²) in [5, 5.41) is 12.7. The number of carbonyl (C=O) groups is 3. The lowest BCUT2D eigenvalue weighted by molar-refractivity contribution is -0.152. The Kier molecular flexibility index (Phi) is 9.30. The van der Waals surface area contributed by atoms with Crippen molar-refractivity contribution < 1.29 is 24.2 Å². The number of carbonyl (C=O) groups excluding carboxylic acids is 2. The zero-order valence-corrected chi connectivity index (χ0v) is 19.9. The molecule has 2 aliphatic carbocycles. The van der Waals surface area contributed by atoms with Crippen molar-refractivity contribution in [2.75, 3.05) is 13.2 Å². The fraction of sp³-hybridized carbons (Fsp3) is 0.654. The number of aliphatic carboxylic acids is 1. The van der Waals surface area contributed by atoms with Crippen LogP contribution in [0.1, 0.15) is 64.4 Å². The van der Waals surface area contributed by atoms with Gasteiger partial charge in [-0.3, -0.25) is 19.7 Å². The molecule has 182 valence electrons. The normalized spacial score (nSPS) is 23.9. The smallest absolute Gasteiger partial charge is 0.323 e. The largest absolute Gasteiger partial charge is 0.480 e. The molecule has 1 aromatic carbocycles. The van der Waals surface area contributed by atoms with Crippen LogP contribution in [0.15, 0.2) is 30.3 Å². The first-order chi connectivity index (χ1) is 15.9. The molecule has 7 heteroatoms. The Morgan fingerprint density at radius 2 is 1.70 bits per heavy atom. The molecule has 2 atom stereocenters. The molecule has 7 nitrogen and oxygen atoms in total. The van der Waals surface area contributed by atoms with Gasteiger partial charge < -0.3 is 14.7 Å². The van der Waals surface area contributed by atoms with Gasteiger partial charge in [0.15, 0.2) is 0 Å². The van der Waals surface area contributed by atoms with E-state index in [1.54, 1.807) is 18.7 Å². The summed E-state index contributed by atoms with van der Waals surface area (Å²) in [6.07, 6.45) is 7.67. The number of fused-ring (bicyclic) bond motifs is 2. The Balaban J connectivity index is 1.72. The van der Waals surface area contributed by atoms with E-state index in [4.69, 9.17) is 4.74 Å². The molecule has 0 aliphatic heterocycles. The number of rotatable bonds is 11. The molecule has 1 amide bonds. The van der Waals surface area contributed by atoms with Crippen LogP contribution in [0.25, 0.3) is 0 Å². The minimum atomic E-state index is -0.995. The molecule has 1 unspecified atom stereocenters. The molecule has 2 aliphatic rings. The van der Waals surface area contributed by atoms with Crippen LogP contribution in [0.5, 0.6) is 0 Å². The predicted octanol–water partition coefficient (Wildman–Crippen LogP) is 3.41. The van der Waals surface area contributed by atoms with E-state index in [0.29, 0.717) is 24.7 Å². The minimum absolute atomic E-state index is 0.0225. The lowest BCUT2D eigenvalue weighted by Crippen LogP contribution is -2.59. The molecule has 3 rings (SSSR count). The van der Waals surface area contributed by atoms with Gasteiger partial charge in [0.05, 0.1) is 12.6 Å². The highest BCUT2D eigenvalue weighted by Gasteiger charge is 2.43. The van der Waals surface area contributed by atoms with Crippen LogP contribution in [0.4, 0.5) is 0 Å². The first-order valence-corrected chi connectivity index (χ1v) is 12.4. The van der Waals surface area contributed by atoms with Crippen molar-refractivity contribution >= 4 is 17.8 Å². The van der Waals surface area contributed by atoms with Crippen molar-refractivity contribution in [3.8, 4) is 0 Å². The van der Waals surface area contributed by atoms with Gasteiger partial charge in [-0.1, -0.05) is 43.2 Å². The Morgan fingerprint density at radius 1 is 1.09 bits per heavy atom. The van der Waals surface area contributed by atoms with Gasteiger partial charge in [-0.2, -0.15) is 0 Å². The van der Waals surface area contributed by atoms with Crippen LogP contribution in [-0.2, 0) is 25.5 Å². The third-order valence-electron chi connectivity index (χ3n) is 7.17. The maximum atomic E-state index is 13.5. The summed E-state index contributed by atoms with van der Waals surface area (Å²) in [6, 6.07) is 8.53. The molecule has 0 saturated heterocycles. The van der Waals surface area contributed by atoms with E-state index < -0.39 is 18.1 Å². The van der Waals surface area contributed by atoms with Crippen LogP contribution in [0, 0.1) is 11.8 Å². The number of carboxylic acid groups (broad SMARTS) is 1. The van der Waals surface area contributed by atoms with Crippen molar-refractivity contribution in [2.45, 2.75) is 83.3 Å². The van der Waals surface area contributed by atoms with Crippen molar-refractivity contribution in [1.29, 1.82) is 0 Å². The van der Waals surface area contributed by atoms with Gasteiger partial charge >= 0.3 is 11.9 Å². The average molecular weight is 459 g/mol. The molecule has 2 bridgehead atoms. The second-order valence-corrected chi connectivity index (χ2v) is 9.45. The summed E-state index contributed by atoms with van der Waals surface area (Å²) in [5.41, 5.74) is 1.11. The lowest BCUT2D eigenvalue weighted by Gasteiger charge is -2.48. The highest BCUT2D eigenvalue weighted by atomic mass is 16.5. The van der Waals surface area contributed by atoms with E-state index in [1.807, 2.05) is 30.3 Å². The van der Waals surface area contributed by atoms with Crippen LogP contribution in [-0.4, -0.2) is 59.1 Å². The first-order valence-electron chi connectivity index (χ1n) is 12.4. The van der Waals surface area contributed by atoms with Crippen molar-refractivity contribution in [2.24, 2.45) is 11.8 Å². The van der Waals surface area contributed by atoms with Crippen LogP contribution >= 0.6 is 0 Å². The fourth-order valence-corrected chi connectivity index (χ4v) is 5.72. The van der Waals surface area contributed by atoms with Crippen LogP contribution in [0.3, 0.4) is 0 Å². The Labute approximate surface area is 196 Å². The maximum Gasteiger partial charge on any atom is 0.323 e. The van der Waals surface area contributed by atoms with Crippen molar-refractivity contribution in [1.82, 2.24) is 10.2 Å². The van der Waals surface area contributed by atoms with E-state index in [9.17, 15) is 19.5 Å². The summed E-state index contributed by atoms with van der Waals surface area (Å²) in [7, 11) is 0. The number of nitrogens with zero attached hydrogens (tertiary/aromatic N) is 1. The van der Waals surface area contributed by atoms with Crippen LogP contribution in [0.2, 0.25) is 0 Å². The molecular formula is C26H38N2O5. The summed E-state index contributed by atoms with van der Waals surface area (Å²) < 4.78 is 5.25. The quantitative estimate of drug-likeness (QED) is 0.494.